The van der Waals surface area contributed by atoms with E-state index < -0.39 is 0 Å². The molecule has 0 bridgehead atoms. The van der Waals surface area contributed by atoms with Crippen molar-refractivity contribution in [2.24, 2.45) is 0 Å². The quantitative estimate of drug-likeness (QED) is 0.816. The van der Waals surface area contributed by atoms with Gasteiger partial charge in [-0.1, -0.05) is 11.6 Å². The van der Waals surface area contributed by atoms with Gasteiger partial charge in [-0.3, -0.25) is 4.98 Å². The van der Waals surface area contributed by atoms with Gasteiger partial charge in [-0.25, -0.2) is 0 Å². The van der Waals surface area contributed by atoms with Crippen LogP contribution in [0.15, 0.2) is 30.5 Å². The second-order valence-corrected chi connectivity index (χ2v) is 4.30. The first kappa shape index (κ1) is 11.0. The molecule has 0 amide bonds. The maximum Gasteiger partial charge on any atom is 0.0706 e. The molecule has 1 aromatic heterocycles. The van der Waals surface area contributed by atoms with E-state index in [0.717, 1.165) is 27.4 Å². The fourth-order valence-electron chi connectivity index (χ4n) is 1.62. The van der Waals surface area contributed by atoms with Crippen LogP contribution in [0.4, 0.5) is 5.69 Å². The Balaban J connectivity index is 2.56. The topological polar surface area (TPSA) is 38.9 Å². The van der Waals surface area contributed by atoms with Crippen LogP contribution in [0.5, 0.6) is 0 Å². The average molecular weight is 233 g/mol. The number of pyridine rings is 1. The Bertz CT molecular complexity index is 518. The summed E-state index contributed by atoms with van der Waals surface area (Å²) in [6.07, 6.45) is 1.67. The normalized spacial score (nSPS) is 10.4. The highest BCUT2D eigenvalue weighted by Gasteiger charge is 2.06. The number of halogens is 1. The molecule has 0 saturated heterocycles. The lowest BCUT2D eigenvalue weighted by atomic mass is 10.0. The number of anilines is 1. The van der Waals surface area contributed by atoms with Crippen molar-refractivity contribution in [1.82, 2.24) is 4.98 Å². The minimum absolute atomic E-state index is 0.673. The Morgan fingerprint density at radius 1 is 1.12 bits per heavy atom. The van der Waals surface area contributed by atoms with Gasteiger partial charge in [0.1, 0.15) is 0 Å². The maximum atomic E-state index is 6.06. The summed E-state index contributed by atoms with van der Waals surface area (Å²) in [6.45, 7) is 4.02. The molecule has 0 fully saturated rings. The fraction of sp³-hybridized carbons (Fsp3) is 0.154. The Morgan fingerprint density at radius 3 is 2.50 bits per heavy atom. The van der Waals surface area contributed by atoms with Gasteiger partial charge in [0, 0.05) is 10.6 Å². The second kappa shape index (κ2) is 4.14. The second-order valence-electron chi connectivity index (χ2n) is 3.89. The molecular formula is C13H13ClN2. The van der Waals surface area contributed by atoms with E-state index >= 15 is 0 Å². The predicted octanol–water partition coefficient (Wildman–Crippen LogP) is 3.60. The van der Waals surface area contributed by atoms with E-state index in [1.165, 1.54) is 0 Å². The van der Waals surface area contributed by atoms with Crippen molar-refractivity contribution >= 4 is 17.3 Å². The molecule has 16 heavy (non-hydrogen) atoms. The first-order valence-electron chi connectivity index (χ1n) is 5.06. The molecule has 0 aliphatic carbocycles. The van der Waals surface area contributed by atoms with Gasteiger partial charge in [0.25, 0.3) is 0 Å². The zero-order valence-electron chi connectivity index (χ0n) is 9.29. The van der Waals surface area contributed by atoms with Gasteiger partial charge in [-0.2, -0.15) is 0 Å². The van der Waals surface area contributed by atoms with Crippen LogP contribution in [0.2, 0.25) is 5.02 Å². The number of aryl methyl sites for hydroxylation is 2. The van der Waals surface area contributed by atoms with Crippen LogP contribution < -0.4 is 5.73 Å². The first-order chi connectivity index (χ1) is 7.58. The molecule has 0 saturated carbocycles. The largest absolute Gasteiger partial charge is 0.397 e. The lowest BCUT2D eigenvalue weighted by Gasteiger charge is -2.08. The lowest BCUT2D eigenvalue weighted by molar-refractivity contribution is 1.30. The van der Waals surface area contributed by atoms with Crippen LogP contribution in [-0.2, 0) is 0 Å². The predicted molar refractivity (Wildman–Crippen MR) is 68.6 cm³/mol. The maximum absolute atomic E-state index is 6.06. The summed E-state index contributed by atoms with van der Waals surface area (Å²) in [4.78, 5) is 4.31. The van der Waals surface area contributed by atoms with Crippen molar-refractivity contribution in [1.29, 1.82) is 0 Å². The molecule has 0 aliphatic rings. The smallest absolute Gasteiger partial charge is 0.0706 e. The number of nitrogens with zero attached hydrogens (tertiary/aromatic N) is 1. The van der Waals surface area contributed by atoms with Crippen molar-refractivity contribution in [3.63, 3.8) is 0 Å². The van der Waals surface area contributed by atoms with Crippen LogP contribution in [0.3, 0.4) is 0 Å². The van der Waals surface area contributed by atoms with Gasteiger partial charge < -0.3 is 5.73 Å². The molecule has 2 rings (SSSR count). The van der Waals surface area contributed by atoms with Gasteiger partial charge in [-0.05, 0) is 49.2 Å². The number of rotatable bonds is 1. The molecule has 1 aromatic carbocycles. The first-order valence-corrected chi connectivity index (χ1v) is 5.44. The third-order valence-electron chi connectivity index (χ3n) is 2.57. The Kier molecular flexibility index (Phi) is 2.84. The summed E-state index contributed by atoms with van der Waals surface area (Å²) in [5.41, 5.74) is 10.5. The summed E-state index contributed by atoms with van der Waals surface area (Å²) < 4.78 is 0. The zero-order chi connectivity index (χ0) is 11.7. The number of nitrogen functional groups attached to an aromatic ring is 1. The number of nitrogens with two attached hydrogens (primary N) is 1. The Morgan fingerprint density at radius 2 is 1.88 bits per heavy atom. The third-order valence-corrected chi connectivity index (χ3v) is 2.98. The average Bonchev–Trinajstić information content (AvgIpc) is 2.25. The van der Waals surface area contributed by atoms with E-state index in [0.29, 0.717) is 5.69 Å². The summed E-state index contributed by atoms with van der Waals surface area (Å²) >= 11 is 6.06. The van der Waals surface area contributed by atoms with E-state index in [1.807, 2.05) is 32.0 Å². The van der Waals surface area contributed by atoms with Crippen molar-refractivity contribution in [2.45, 2.75) is 13.8 Å². The van der Waals surface area contributed by atoms with Crippen LogP contribution >= 0.6 is 11.6 Å². The standard InChI is InChI=1S/C13H13ClN2/c1-8-6-12(14)9(2)5-11(8)13-4-3-10(15)7-16-13/h3-7H,15H2,1-2H3. The molecule has 1 heterocycles. The number of aromatic nitrogens is 1. The van der Waals surface area contributed by atoms with Gasteiger partial charge in [0.15, 0.2) is 0 Å². The SMILES string of the molecule is Cc1cc(-c2ccc(N)cn2)c(C)cc1Cl. The van der Waals surface area contributed by atoms with Crippen molar-refractivity contribution < 1.29 is 0 Å². The molecule has 0 atom stereocenters. The highest BCUT2D eigenvalue weighted by Crippen LogP contribution is 2.27. The summed E-state index contributed by atoms with van der Waals surface area (Å²) in [5.74, 6) is 0. The van der Waals surface area contributed by atoms with E-state index in [-0.39, 0.29) is 0 Å². The molecule has 0 unspecified atom stereocenters. The summed E-state index contributed by atoms with van der Waals surface area (Å²) in [5, 5.41) is 0.789. The highest BCUT2D eigenvalue weighted by atomic mass is 35.5. The van der Waals surface area contributed by atoms with Gasteiger partial charge in [0.05, 0.1) is 17.6 Å². The van der Waals surface area contributed by atoms with Crippen molar-refractivity contribution in [3.05, 3.63) is 46.6 Å². The molecule has 2 nitrogen and oxygen atoms in total. The fourth-order valence-corrected chi connectivity index (χ4v) is 1.84. The molecular weight excluding hydrogens is 220 g/mol. The molecule has 82 valence electrons. The number of hydrogen-bond acceptors (Lipinski definition) is 2. The number of hydrogen-bond donors (Lipinski definition) is 1. The molecule has 0 spiro atoms. The van der Waals surface area contributed by atoms with Crippen molar-refractivity contribution in [3.8, 4) is 11.3 Å². The Labute approximate surface area is 100 Å². The third kappa shape index (κ3) is 2.02. The van der Waals surface area contributed by atoms with E-state index in [4.69, 9.17) is 17.3 Å². The molecule has 2 aromatic rings. The van der Waals surface area contributed by atoms with E-state index in [1.54, 1.807) is 6.20 Å². The van der Waals surface area contributed by atoms with Crippen LogP contribution in [-0.4, -0.2) is 4.98 Å². The Hall–Kier alpha value is -1.54. The molecule has 3 heteroatoms. The van der Waals surface area contributed by atoms with Crippen LogP contribution in [0, 0.1) is 13.8 Å². The highest BCUT2D eigenvalue weighted by molar-refractivity contribution is 6.31. The summed E-state index contributed by atoms with van der Waals surface area (Å²) in [7, 11) is 0. The minimum atomic E-state index is 0.673. The van der Waals surface area contributed by atoms with E-state index in [9.17, 15) is 0 Å². The monoisotopic (exact) mass is 232 g/mol. The minimum Gasteiger partial charge on any atom is -0.397 e. The molecule has 0 aliphatic heterocycles. The summed E-state index contributed by atoms with van der Waals surface area (Å²) in [6, 6.07) is 7.79. The van der Waals surface area contributed by atoms with Crippen LogP contribution in [0.25, 0.3) is 11.3 Å². The van der Waals surface area contributed by atoms with Gasteiger partial charge in [0.2, 0.25) is 0 Å². The van der Waals surface area contributed by atoms with Crippen LogP contribution in [0.1, 0.15) is 11.1 Å². The zero-order valence-corrected chi connectivity index (χ0v) is 10.0. The molecule has 0 radical (unpaired) electrons. The van der Waals surface area contributed by atoms with Gasteiger partial charge in [-0.15, -0.1) is 0 Å². The molecule has 2 N–H and O–H groups in total. The lowest BCUT2D eigenvalue weighted by Crippen LogP contribution is -1.91. The van der Waals surface area contributed by atoms with Crippen molar-refractivity contribution in [2.75, 3.05) is 5.73 Å². The van der Waals surface area contributed by atoms with Gasteiger partial charge >= 0.3 is 0 Å². The number of benzene rings is 1. The van der Waals surface area contributed by atoms with E-state index in [2.05, 4.69) is 11.1 Å².